The second-order valence-corrected chi connectivity index (χ2v) is 7.77. The van der Waals surface area contributed by atoms with E-state index in [4.69, 9.17) is 30.2 Å². The third-order valence-corrected chi connectivity index (χ3v) is 5.14. The minimum absolute atomic E-state index is 0.0737. The maximum absolute atomic E-state index is 13.1. The fourth-order valence-corrected chi connectivity index (χ4v) is 3.37. The van der Waals surface area contributed by atoms with Crippen molar-refractivity contribution in [3.63, 3.8) is 0 Å². The molecule has 9 heteroatoms. The molecule has 1 amide bonds. The van der Waals surface area contributed by atoms with E-state index < -0.39 is 0 Å². The van der Waals surface area contributed by atoms with Gasteiger partial charge in [-0.05, 0) is 55.8 Å². The van der Waals surface area contributed by atoms with Crippen LogP contribution in [0.5, 0.6) is 17.2 Å². The molecule has 0 fully saturated rings. The largest absolute Gasteiger partial charge is 0.493 e. The van der Waals surface area contributed by atoms with Gasteiger partial charge in [-0.25, -0.2) is 0 Å². The number of aromatic nitrogens is 2. The molecular weight excluding hydrogens is 434 g/mol. The maximum atomic E-state index is 13.1. The Balaban J connectivity index is 1.78. The third-order valence-electron chi connectivity index (χ3n) is 4.89. The van der Waals surface area contributed by atoms with Gasteiger partial charge in [0.15, 0.2) is 11.5 Å². The summed E-state index contributed by atoms with van der Waals surface area (Å²) in [5.41, 5.74) is 1.50. The highest BCUT2D eigenvalue weighted by Crippen LogP contribution is 2.38. The number of hydrogen-bond donors (Lipinski definition) is 0. The predicted octanol–water partition coefficient (Wildman–Crippen LogP) is 4.40. The van der Waals surface area contributed by atoms with Crippen LogP contribution in [0.2, 0.25) is 5.02 Å². The monoisotopic (exact) mass is 459 g/mol. The van der Waals surface area contributed by atoms with E-state index in [1.54, 1.807) is 41.3 Å². The molecule has 0 N–H and O–H groups in total. The van der Waals surface area contributed by atoms with Crippen LogP contribution in [-0.4, -0.2) is 48.4 Å². The fraction of sp³-hybridized carbons (Fsp3) is 0.348. The van der Waals surface area contributed by atoms with E-state index in [0.717, 1.165) is 11.1 Å². The number of nitrogens with zero attached hydrogens (tertiary/aromatic N) is 3. The van der Waals surface area contributed by atoms with Crippen LogP contribution in [-0.2, 0) is 17.8 Å². The van der Waals surface area contributed by atoms with Crippen molar-refractivity contribution < 1.29 is 23.4 Å². The Kier molecular flexibility index (Phi) is 7.58. The quantitative estimate of drug-likeness (QED) is 0.468. The number of halogens is 1. The summed E-state index contributed by atoms with van der Waals surface area (Å²) in [5, 5.41) is 8.82. The second-order valence-electron chi connectivity index (χ2n) is 7.33. The van der Waals surface area contributed by atoms with E-state index in [0.29, 0.717) is 34.1 Å². The summed E-state index contributed by atoms with van der Waals surface area (Å²) in [4.78, 5) is 14.8. The van der Waals surface area contributed by atoms with E-state index in [1.165, 1.54) is 21.3 Å². The molecule has 2 aromatic carbocycles. The SMILES string of the molecule is COc1cc(CC(=O)N(Cc2nnc(-c3ccc(Cl)cc3)o2)C(C)C)cc(OC)c1OC. The highest BCUT2D eigenvalue weighted by molar-refractivity contribution is 6.30. The molecule has 3 aromatic rings. The molecule has 0 saturated carbocycles. The standard InChI is InChI=1S/C23H26ClN3O5/c1-14(2)27(13-20-25-26-23(32-20)16-6-8-17(24)9-7-16)21(28)12-15-10-18(29-3)22(31-5)19(11-15)30-4/h6-11,14H,12-13H2,1-5H3. The van der Waals surface area contributed by atoms with Crippen molar-refractivity contribution in [2.45, 2.75) is 32.9 Å². The molecule has 0 radical (unpaired) electrons. The number of carbonyl (C=O) groups excluding carboxylic acids is 1. The Hall–Kier alpha value is -3.26. The molecule has 1 heterocycles. The fourth-order valence-electron chi connectivity index (χ4n) is 3.24. The zero-order chi connectivity index (χ0) is 23.3. The predicted molar refractivity (Wildman–Crippen MR) is 120 cm³/mol. The van der Waals surface area contributed by atoms with Gasteiger partial charge in [0.05, 0.1) is 34.3 Å². The number of rotatable bonds is 9. The molecule has 8 nitrogen and oxygen atoms in total. The highest BCUT2D eigenvalue weighted by atomic mass is 35.5. The number of carbonyl (C=O) groups is 1. The summed E-state index contributed by atoms with van der Waals surface area (Å²) in [6, 6.07) is 10.6. The third kappa shape index (κ3) is 5.31. The number of benzene rings is 2. The first-order chi connectivity index (χ1) is 15.4. The minimum Gasteiger partial charge on any atom is -0.493 e. The van der Waals surface area contributed by atoms with E-state index in [-0.39, 0.29) is 24.9 Å². The number of hydrogen-bond acceptors (Lipinski definition) is 7. The summed E-state index contributed by atoms with van der Waals surface area (Å²) in [5.74, 6) is 2.10. The first-order valence-corrected chi connectivity index (χ1v) is 10.4. The van der Waals surface area contributed by atoms with Crippen LogP contribution in [0.4, 0.5) is 0 Å². The molecule has 0 bridgehead atoms. The maximum Gasteiger partial charge on any atom is 0.247 e. The Morgan fingerprint density at radius 1 is 1.03 bits per heavy atom. The Morgan fingerprint density at radius 3 is 2.19 bits per heavy atom. The summed E-state index contributed by atoms with van der Waals surface area (Å²) < 4.78 is 21.9. The zero-order valence-electron chi connectivity index (χ0n) is 18.7. The van der Waals surface area contributed by atoms with Crippen molar-refractivity contribution >= 4 is 17.5 Å². The first kappa shape index (κ1) is 23.4. The molecule has 32 heavy (non-hydrogen) atoms. The lowest BCUT2D eigenvalue weighted by atomic mass is 10.1. The van der Waals surface area contributed by atoms with Gasteiger partial charge in [-0.15, -0.1) is 10.2 Å². The van der Waals surface area contributed by atoms with Crippen LogP contribution < -0.4 is 14.2 Å². The average molecular weight is 460 g/mol. The lowest BCUT2D eigenvalue weighted by Crippen LogP contribution is -2.37. The van der Waals surface area contributed by atoms with Crippen molar-refractivity contribution in [2.24, 2.45) is 0 Å². The van der Waals surface area contributed by atoms with Gasteiger partial charge < -0.3 is 23.5 Å². The van der Waals surface area contributed by atoms with Crippen LogP contribution in [0.15, 0.2) is 40.8 Å². The summed E-state index contributed by atoms with van der Waals surface area (Å²) >= 11 is 5.93. The molecule has 0 atom stereocenters. The number of methoxy groups -OCH3 is 3. The molecule has 3 rings (SSSR count). The van der Waals surface area contributed by atoms with Gasteiger partial charge in [-0.3, -0.25) is 4.79 Å². The normalized spacial score (nSPS) is 10.8. The highest BCUT2D eigenvalue weighted by Gasteiger charge is 2.22. The van der Waals surface area contributed by atoms with E-state index in [2.05, 4.69) is 10.2 Å². The van der Waals surface area contributed by atoms with Crippen LogP contribution in [0.25, 0.3) is 11.5 Å². The molecule has 0 unspecified atom stereocenters. The van der Waals surface area contributed by atoms with Gasteiger partial charge in [-0.2, -0.15) is 0 Å². The minimum atomic E-state index is -0.0967. The van der Waals surface area contributed by atoms with E-state index >= 15 is 0 Å². The van der Waals surface area contributed by atoms with Gasteiger partial charge in [0, 0.05) is 16.6 Å². The molecular formula is C23H26ClN3O5. The number of ether oxygens (including phenoxy) is 3. The van der Waals surface area contributed by atoms with Crippen molar-refractivity contribution in [1.29, 1.82) is 0 Å². The summed E-state index contributed by atoms with van der Waals surface area (Å²) in [6.45, 7) is 4.06. The van der Waals surface area contributed by atoms with Gasteiger partial charge in [0.25, 0.3) is 0 Å². The van der Waals surface area contributed by atoms with Gasteiger partial charge in [-0.1, -0.05) is 11.6 Å². The van der Waals surface area contributed by atoms with Crippen LogP contribution in [0, 0.1) is 0 Å². The number of amides is 1. The second kappa shape index (κ2) is 10.4. The van der Waals surface area contributed by atoms with Crippen molar-refractivity contribution in [3.05, 3.63) is 52.9 Å². The smallest absolute Gasteiger partial charge is 0.247 e. The zero-order valence-corrected chi connectivity index (χ0v) is 19.5. The summed E-state index contributed by atoms with van der Waals surface area (Å²) in [7, 11) is 4.61. The Bertz CT molecular complexity index is 1040. The van der Waals surface area contributed by atoms with Gasteiger partial charge in [0.2, 0.25) is 23.4 Å². The van der Waals surface area contributed by atoms with Crippen molar-refractivity contribution in [2.75, 3.05) is 21.3 Å². The van der Waals surface area contributed by atoms with Gasteiger partial charge in [0.1, 0.15) is 0 Å². The molecule has 0 spiro atoms. The molecule has 1 aromatic heterocycles. The molecule has 0 aliphatic carbocycles. The van der Waals surface area contributed by atoms with Crippen LogP contribution >= 0.6 is 11.6 Å². The molecule has 0 aliphatic rings. The lowest BCUT2D eigenvalue weighted by molar-refractivity contribution is -0.133. The molecule has 170 valence electrons. The van der Waals surface area contributed by atoms with E-state index in [9.17, 15) is 4.79 Å². The Morgan fingerprint density at radius 2 is 1.66 bits per heavy atom. The molecule has 0 saturated heterocycles. The lowest BCUT2D eigenvalue weighted by Gasteiger charge is -2.25. The van der Waals surface area contributed by atoms with Crippen LogP contribution in [0.3, 0.4) is 0 Å². The Labute approximate surface area is 192 Å². The average Bonchev–Trinajstić information content (AvgIpc) is 3.25. The first-order valence-electron chi connectivity index (χ1n) is 10.0. The summed E-state index contributed by atoms with van der Waals surface area (Å²) in [6.07, 6.45) is 0.146. The van der Waals surface area contributed by atoms with Crippen molar-refractivity contribution in [3.8, 4) is 28.7 Å². The van der Waals surface area contributed by atoms with Gasteiger partial charge >= 0.3 is 0 Å². The molecule has 0 aliphatic heterocycles. The van der Waals surface area contributed by atoms with E-state index in [1.807, 2.05) is 13.8 Å². The van der Waals surface area contributed by atoms with Crippen molar-refractivity contribution in [1.82, 2.24) is 15.1 Å². The topological polar surface area (TPSA) is 86.9 Å². The van der Waals surface area contributed by atoms with Crippen LogP contribution in [0.1, 0.15) is 25.3 Å².